The summed E-state index contributed by atoms with van der Waals surface area (Å²) < 4.78 is 23.8. The van der Waals surface area contributed by atoms with E-state index in [1.165, 1.54) is 0 Å². The van der Waals surface area contributed by atoms with Gasteiger partial charge in [-0.15, -0.1) is 0 Å². The highest BCUT2D eigenvalue weighted by Gasteiger charge is 2.20. The zero-order chi connectivity index (χ0) is 12.0. The molecule has 0 spiro atoms. The summed E-state index contributed by atoms with van der Waals surface area (Å²) in [5, 5.41) is 0. The molecule has 1 rings (SSSR count). The van der Waals surface area contributed by atoms with E-state index in [1.807, 2.05) is 38.1 Å². The Hall–Kier alpha value is -0.310. The fourth-order valence-corrected chi connectivity index (χ4v) is 2.68. The maximum Gasteiger partial charge on any atom is 0.239 e. The van der Waals surface area contributed by atoms with Gasteiger partial charge in [-0.05, 0) is 31.2 Å². The van der Waals surface area contributed by atoms with Crippen LogP contribution in [0.25, 0.3) is 0 Å². The van der Waals surface area contributed by atoms with E-state index in [0.717, 1.165) is 4.47 Å². The van der Waals surface area contributed by atoms with Crippen LogP contribution in [0.2, 0.25) is 0 Å². The Kier molecular flexibility index (Phi) is 5.53. The van der Waals surface area contributed by atoms with E-state index in [0.29, 0.717) is 18.5 Å². The van der Waals surface area contributed by atoms with Gasteiger partial charge in [0.1, 0.15) is 5.75 Å². The zero-order valence-corrected chi connectivity index (χ0v) is 12.0. The van der Waals surface area contributed by atoms with Crippen LogP contribution in [0.1, 0.15) is 13.8 Å². The molecule has 90 valence electrons. The molecule has 3 nitrogen and oxygen atoms in total. The molecule has 0 saturated heterocycles. The topological polar surface area (TPSA) is 35.5 Å². The van der Waals surface area contributed by atoms with E-state index >= 15 is 0 Å². The van der Waals surface area contributed by atoms with Crippen LogP contribution in [0.5, 0.6) is 5.75 Å². The van der Waals surface area contributed by atoms with Crippen molar-refractivity contribution in [3.8, 4) is 5.75 Å². The van der Waals surface area contributed by atoms with Crippen molar-refractivity contribution in [2.24, 2.45) is 0 Å². The summed E-state index contributed by atoms with van der Waals surface area (Å²) in [6.45, 7) is 4.14. The molecule has 1 aromatic carbocycles. The van der Waals surface area contributed by atoms with E-state index in [9.17, 15) is 4.57 Å². The Balaban J connectivity index is 2.56. The van der Waals surface area contributed by atoms with Gasteiger partial charge in [-0.3, -0.25) is 4.57 Å². The molecule has 0 fully saturated rings. The Bertz CT molecular complexity index is 364. The molecular formula is C11H16BrO3P. The predicted octanol–water partition coefficient (Wildman–Crippen LogP) is 4.12. The minimum atomic E-state index is -2.61. The van der Waals surface area contributed by atoms with Gasteiger partial charge in [-0.25, -0.2) is 0 Å². The summed E-state index contributed by atoms with van der Waals surface area (Å²) in [6, 6.07) is 7.42. The van der Waals surface area contributed by atoms with Crippen LogP contribution in [0, 0.1) is 0 Å². The second-order valence-electron chi connectivity index (χ2n) is 3.28. The van der Waals surface area contributed by atoms with Crippen LogP contribution in [-0.4, -0.2) is 19.1 Å². The molecule has 0 amide bonds. The number of hydrogen-bond donors (Lipinski definition) is 0. The van der Waals surface area contributed by atoms with Crippen LogP contribution >= 0.6 is 23.3 Å². The lowest BCUT2D eigenvalue weighted by atomic mass is 10.3. The van der Waals surface area contributed by atoms with Gasteiger partial charge >= 0.3 is 0 Å². The maximum absolute atomic E-state index is 12.1. The number of halogens is 1. The number of rotatable bonds is 6. The van der Waals surface area contributed by atoms with Crippen LogP contribution in [0.4, 0.5) is 0 Å². The molecule has 0 radical (unpaired) electrons. The van der Waals surface area contributed by atoms with Gasteiger partial charge in [0.25, 0.3) is 0 Å². The summed E-state index contributed by atoms with van der Waals surface area (Å²) in [7, 11) is -2.61. The van der Waals surface area contributed by atoms with Crippen molar-refractivity contribution in [2.45, 2.75) is 13.8 Å². The average Bonchev–Trinajstić information content (AvgIpc) is 2.29. The summed E-state index contributed by atoms with van der Waals surface area (Å²) >= 11 is 3.34. The predicted molar refractivity (Wildman–Crippen MR) is 69.4 cm³/mol. The Morgan fingerprint density at radius 3 is 2.38 bits per heavy atom. The molecule has 0 aromatic heterocycles. The quantitative estimate of drug-likeness (QED) is 0.742. The molecule has 0 N–H and O–H groups in total. The van der Waals surface area contributed by atoms with E-state index < -0.39 is 7.37 Å². The van der Waals surface area contributed by atoms with Crippen molar-refractivity contribution >= 4 is 23.3 Å². The normalized spacial score (nSPS) is 14.4. The van der Waals surface area contributed by atoms with Gasteiger partial charge in [0, 0.05) is 10.6 Å². The van der Waals surface area contributed by atoms with E-state index in [2.05, 4.69) is 15.9 Å². The zero-order valence-electron chi connectivity index (χ0n) is 9.48. The smallest absolute Gasteiger partial charge is 0.239 e. The Morgan fingerprint density at radius 1 is 1.25 bits per heavy atom. The van der Waals surface area contributed by atoms with Gasteiger partial charge in [0.15, 0.2) is 6.35 Å². The largest absolute Gasteiger partial charge is 0.484 e. The minimum absolute atomic E-state index is 0.138. The second-order valence-corrected chi connectivity index (χ2v) is 6.97. The van der Waals surface area contributed by atoms with Crippen LogP contribution < -0.4 is 4.74 Å². The molecular weight excluding hydrogens is 291 g/mol. The van der Waals surface area contributed by atoms with E-state index in [4.69, 9.17) is 9.26 Å². The summed E-state index contributed by atoms with van der Waals surface area (Å²) in [5.41, 5.74) is 0. The number of benzene rings is 1. The highest BCUT2D eigenvalue weighted by atomic mass is 79.9. The third-order valence-electron chi connectivity index (χ3n) is 2.09. The average molecular weight is 307 g/mol. The summed E-state index contributed by atoms with van der Waals surface area (Å²) in [5.74, 6) is 0.705. The Morgan fingerprint density at radius 2 is 1.88 bits per heavy atom. The molecule has 1 unspecified atom stereocenters. The summed E-state index contributed by atoms with van der Waals surface area (Å²) in [4.78, 5) is 0. The first-order valence-electron chi connectivity index (χ1n) is 5.20. The summed E-state index contributed by atoms with van der Waals surface area (Å²) in [6.07, 6.45) is 0.635. The van der Waals surface area contributed by atoms with E-state index in [1.54, 1.807) is 0 Å². The van der Waals surface area contributed by atoms with Crippen LogP contribution in [0.3, 0.4) is 0 Å². The number of ether oxygens (including phenoxy) is 1. The second kappa shape index (κ2) is 6.43. The molecule has 1 atom stereocenters. The number of hydrogen-bond acceptors (Lipinski definition) is 3. The van der Waals surface area contributed by atoms with Gasteiger partial charge in [-0.1, -0.05) is 22.9 Å². The molecule has 0 saturated carbocycles. The monoisotopic (exact) mass is 306 g/mol. The maximum atomic E-state index is 12.1. The Labute approximate surface area is 105 Å². The molecule has 0 bridgehead atoms. The van der Waals surface area contributed by atoms with Crippen molar-refractivity contribution < 1.29 is 13.8 Å². The lowest BCUT2D eigenvalue weighted by molar-refractivity contribution is 0.294. The highest BCUT2D eigenvalue weighted by molar-refractivity contribution is 9.10. The molecule has 1 aromatic rings. The van der Waals surface area contributed by atoms with Gasteiger partial charge in [0.05, 0.1) is 6.61 Å². The molecule has 0 aliphatic heterocycles. The fourth-order valence-electron chi connectivity index (χ4n) is 1.16. The van der Waals surface area contributed by atoms with Crippen molar-refractivity contribution in [1.82, 2.24) is 0 Å². The first-order valence-corrected chi connectivity index (χ1v) is 7.99. The SMILES string of the molecule is CCOP(=O)(CC)COc1ccc(Br)cc1. The van der Waals surface area contributed by atoms with Gasteiger partial charge < -0.3 is 9.26 Å². The van der Waals surface area contributed by atoms with Crippen molar-refractivity contribution in [3.63, 3.8) is 0 Å². The van der Waals surface area contributed by atoms with Crippen molar-refractivity contribution in [1.29, 1.82) is 0 Å². The van der Waals surface area contributed by atoms with Crippen molar-refractivity contribution in [2.75, 3.05) is 19.1 Å². The van der Waals surface area contributed by atoms with Crippen LogP contribution in [-0.2, 0) is 9.09 Å². The van der Waals surface area contributed by atoms with Gasteiger partial charge in [0.2, 0.25) is 7.37 Å². The first-order chi connectivity index (χ1) is 7.59. The molecule has 0 aliphatic carbocycles. The van der Waals surface area contributed by atoms with Gasteiger partial charge in [-0.2, -0.15) is 0 Å². The van der Waals surface area contributed by atoms with Crippen LogP contribution in [0.15, 0.2) is 28.7 Å². The molecule has 16 heavy (non-hydrogen) atoms. The molecule has 5 heteroatoms. The third-order valence-corrected chi connectivity index (χ3v) is 4.83. The minimum Gasteiger partial charge on any atom is -0.484 e. The lowest BCUT2D eigenvalue weighted by Crippen LogP contribution is -2.04. The highest BCUT2D eigenvalue weighted by Crippen LogP contribution is 2.46. The molecule has 0 aliphatic rings. The fraction of sp³-hybridized carbons (Fsp3) is 0.455. The molecule has 0 heterocycles. The third kappa shape index (κ3) is 4.28. The van der Waals surface area contributed by atoms with E-state index in [-0.39, 0.29) is 6.35 Å². The first kappa shape index (κ1) is 13.8. The van der Waals surface area contributed by atoms with Crippen molar-refractivity contribution in [3.05, 3.63) is 28.7 Å². The standard InChI is InChI=1S/C11H16BrO3P/c1-3-15-16(13,4-2)9-14-11-7-5-10(12)6-8-11/h5-8H,3-4,9H2,1-2H3. The lowest BCUT2D eigenvalue weighted by Gasteiger charge is -2.16.